The largest absolute Gasteiger partial charge is 0.487 e. The molecule has 0 radical (unpaired) electrons. The Bertz CT molecular complexity index is 1130. The summed E-state index contributed by atoms with van der Waals surface area (Å²) in [5.74, 6) is 0.323. The molecule has 1 aliphatic carbocycles. The van der Waals surface area contributed by atoms with Crippen LogP contribution < -0.4 is 10.3 Å². The van der Waals surface area contributed by atoms with Crippen LogP contribution in [0.2, 0.25) is 0 Å². The maximum atomic E-state index is 14.9. The molecule has 0 bridgehead atoms. The Labute approximate surface area is 175 Å². The molecule has 1 saturated carbocycles. The maximum Gasteiger partial charge on any atom is 0.265 e. The van der Waals surface area contributed by atoms with E-state index >= 15 is 0 Å². The van der Waals surface area contributed by atoms with Crippen molar-refractivity contribution in [3.63, 3.8) is 0 Å². The Hall–Kier alpha value is -2.73. The second-order valence-electron chi connectivity index (χ2n) is 8.37. The molecule has 0 unspecified atom stereocenters. The fourth-order valence-corrected chi connectivity index (χ4v) is 4.56. The Balaban J connectivity index is 1.35. The van der Waals surface area contributed by atoms with Crippen molar-refractivity contribution < 1.29 is 9.13 Å². The van der Waals surface area contributed by atoms with Crippen molar-refractivity contribution in [3.8, 4) is 11.4 Å². The van der Waals surface area contributed by atoms with Crippen LogP contribution in [0, 0.1) is 12.7 Å². The number of para-hydroxylation sites is 1. The molecule has 1 aromatic heterocycles. The van der Waals surface area contributed by atoms with Crippen LogP contribution in [0.5, 0.6) is 5.75 Å². The van der Waals surface area contributed by atoms with Crippen LogP contribution in [0.1, 0.15) is 37.9 Å². The van der Waals surface area contributed by atoms with Crippen molar-refractivity contribution in [2.24, 2.45) is 0 Å². The van der Waals surface area contributed by atoms with Gasteiger partial charge in [0.05, 0.1) is 16.6 Å². The van der Waals surface area contributed by atoms with E-state index in [9.17, 15) is 9.18 Å². The monoisotopic (exact) mass is 407 g/mol. The minimum Gasteiger partial charge on any atom is -0.487 e. The number of rotatable bonds is 4. The van der Waals surface area contributed by atoms with E-state index in [4.69, 9.17) is 4.74 Å². The van der Waals surface area contributed by atoms with Crippen molar-refractivity contribution >= 4 is 10.9 Å². The van der Waals surface area contributed by atoms with Gasteiger partial charge < -0.3 is 9.64 Å². The molecular weight excluding hydrogens is 381 g/mol. The van der Waals surface area contributed by atoms with E-state index in [0.29, 0.717) is 22.4 Å². The van der Waals surface area contributed by atoms with Gasteiger partial charge in [-0.2, -0.15) is 0 Å². The average molecular weight is 407 g/mol. The summed E-state index contributed by atoms with van der Waals surface area (Å²) in [6.45, 7) is 3.80. The zero-order valence-electron chi connectivity index (χ0n) is 17.2. The second-order valence-corrected chi connectivity index (χ2v) is 8.37. The van der Waals surface area contributed by atoms with Crippen LogP contribution in [0.4, 0.5) is 4.39 Å². The quantitative estimate of drug-likeness (QED) is 0.649. The molecule has 0 amide bonds. The second kappa shape index (κ2) is 7.84. The third-order valence-electron chi connectivity index (χ3n) is 6.48. The van der Waals surface area contributed by atoms with E-state index in [0.717, 1.165) is 32.0 Å². The van der Waals surface area contributed by atoms with E-state index in [1.165, 1.54) is 29.9 Å². The van der Waals surface area contributed by atoms with Gasteiger partial charge in [-0.25, -0.2) is 9.37 Å². The van der Waals surface area contributed by atoms with E-state index in [2.05, 4.69) is 9.88 Å². The molecule has 30 heavy (non-hydrogen) atoms. The predicted octanol–water partition coefficient (Wildman–Crippen LogP) is 4.23. The maximum absolute atomic E-state index is 14.9. The number of ether oxygens (including phenoxy) is 1. The zero-order chi connectivity index (χ0) is 20.7. The van der Waals surface area contributed by atoms with Crippen molar-refractivity contribution in [3.05, 3.63) is 64.5 Å². The fourth-order valence-electron chi connectivity index (χ4n) is 4.56. The number of fused-ring (bicyclic) bond motifs is 1. The molecule has 5 rings (SSSR count). The van der Waals surface area contributed by atoms with E-state index < -0.39 is 5.82 Å². The Morgan fingerprint density at radius 2 is 1.83 bits per heavy atom. The lowest BCUT2D eigenvalue weighted by Crippen LogP contribution is -2.46. The van der Waals surface area contributed by atoms with E-state index in [-0.39, 0.29) is 17.4 Å². The third-order valence-corrected chi connectivity index (χ3v) is 6.48. The molecule has 2 fully saturated rings. The topological polar surface area (TPSA) is 47.4 Å². The van der Waals surface area contributed by atoms with E-state index in [1.54, 1.807) is 31.2 Å². The molecule has 2 aliphatic rings. The number of halogens is 1. The van der Waals surface area contributed by atoms with Gasteiger partial charge in [0.25, 0.3) is 5.56 Å². The number of aryl methyl sites for hydroxylation is 1. The first kappa shape index (κ1) is 19.2. The number of hydrogen-bond donors (Lipinski definition) is 0. The summed E-state index contributed by atoms with van der Waals surface area (Å²) in [4.78, 5) is 20.0. The van der Waals surface area contributed by atoms with Crippen LogP contribution in [-0.2, 0) is 0 Å². The van der Waals surface area contributed by atoms with Crippen LogP contribution >= 0.6 is 0 Å². The molecule has 2 aromatic carbocycles. The van der Waals surface area contributed by atoms with Gasteiger partial charge in [0.2, 0.25) is 0 Å². The van der Waals surface area contributed by atoms with Crippen molar-refractivity contribution in [2.45, 2.75) is 51.2 Å². The van der Waals surface area contributed by atoms with Gasteiger partial charge in [-0.05, 0) is 56.9 Å². The first-order chi connectivity index (χ1) is 14.6. The number of hydrogen-bond acceptors (Lipinski definition) is 4. The van der Waals surface area contributed by atoms with Crippen molar-refractivity contribution in [1.82, 2.24) is 14.5 Å². The van der Waals surface area contributed by atoms with Gasteiger partial charge in [-0.15, -0.1) is 0 Å². The number of piperidine rings is 1. The molecule has 0 N–H and O–H groups in total. The SMILES string of the molecule is Cc1nc2ccccc2c(=O)n1-c1ccc(OC2CCN(C3CCC3)CC2)c(F)c1. The van der Waals surface area contributed by atoms with Crippen LogP contribution in [0.15, 0.2) is 47.3 Å². The Kier molecular flexibility index (Phi) is 5.03. The Morgan fingerprint density at radius 1 is 1.07 bits per heavy atom. The standard InChI is InChI=1S/C24H26FN3O2/c1-16-26-22-8-3-2-7-20(22)24(29)28(16)18-9-10-23(21(25)15-18)30-19-11-13-27(14-12-19)17-5-4-6-17/h2-3,7-10,15,17,19H,4-6,11-14H2,1H3. The molecule has 0 atom stereocenters. The highest BCUT2D eigenvalue weighted by Gasteiger charge is 2.29. The number of nitrogens with zero attached hydrogens (tertiary/aromatic N) is 3. The molecule has 1 saturated heterocycles. The summed E-state index contributed by atoms with van der Waals surface area (Å²) in [5, 5.41) is 0.516. The smallest absolute Gasteiger partial charge is 0.265 e. The lowest BCUT2D eigenvalue weighted by atomic mass is 9.90. The van der Waals surface area contributed by atoms with Gasteiger partial charge >= 0.3 is 0 Å². The minimum atomic E-state index is -0.451. The lowest BCUT2D eigenvalue weighted by Gasteiger charge is -2.41. The van der Waals surface area contributed by atoms with Gasteiger partial charge in [0.15, 0.2) is 11.6 Å². The average Bonchev–Trinajstić information content (AvgIpc) is 2.70. The van der Waals surface area contributed by atoms with Crippen LogP contribution in [-0.4, -0.2) is 39.7 Å². The van der Waals surface area contributed by atoms with Gasteiger partial charge in [0.1, 0.15) is 11.9 Å². The van der Waals surface area contributed by atoms with Crippen molar-refractivity contribution in [1.29, 1.82) is 0 Å². The molecule has 3 aromatic rings. The highest BCUT2D eigenvalue weighted by molar-refractivity contribution is 5.77. The first-order valence-electron chi connectivity index (χ1n) is 10.8. The highest BCUT2D eigenvalue weighted by atomic mass is 19.1. The van der Waals surface area contributed by atoms with Crippen LogP contribution in [0.3, 0.4) is 0 Å². The molecular formula is C24H26FN3O2. The summed E-state index contributed by atoms with van der Waals surface area (Å²) in [7, 11) is 0. The summed E-state index contributed by atoms with van der Waals surface area (Å²) in [6, 6.07) is 12.7. The molecule has 2 heterocycles. The fraction of sp³-hybridized carbons (Fsp3) is 0.417. The van der Waals surface area contributed by atoms with Crippen molar-refractivity contribution in [2.75, 3.05) is 13.1 Å². The van der Waals surface area contributed by atoms with Gasteiger partial charge in [-0.3, -0.25) is 9.36 Å². The molecule has 0 spiro atoms. The number of benzene rings is 2. The zero-order valence-corrected chi connectivity index (χ0v) is 17.2. The summed E-state index contributed by atoms with van der Waals surface area (Å²) in [5.41, 5.74) is 0.903. The number of aromatic nitrogens is 2. The van der Waals surface area contributed by atoms with Crippen LogP contribution in [0.25, 0.3) is 16.6 Å². The minimum absolute atomic E-state index is 0.0356. The molecule has 6 heteroatoms. The summed E-state index contributed by atoms with van der Waals surface area (Å²) < 4.78 is 22.3. The molecule has 1 aliphatic heterocycles. The first-order valence-corrected chi connectivity index (χ1v) is 10.8. The Morgan fingerprint density at radius 3 is 2.53 bits per heavy atom. The third kappa shape index (κ3) is 3.49. The molecule has 156 valence electrons. The highest BCUT2D eigenvalue weighted by Crippen LogP contribution is 2.29. The van der Waals surface area contributed by atoms with E-state index in [1.807, 2.05) is 12.1 Å². The lowest BCUT2D eigenvalue weighted by molar-refractivity contribution is 0.0477. The summed E-state index contributed by atoms with van der Waals surface area (Å²) >= 11 is 0. The normalized spacial score (nSPS) is 18.5. The summed E-state index contributed by atoms with van der Waals surface area (Å²) in [6.07, 6.45) is 5.84. The van der Waals surface area contributed by atoms with Gasteiger partial charge in [-0.1, -0.05) is 18.6 Å². The number of likely N-dealkylation sites (tertiary alicyclic amines) is 1. The van der Waals surface area contributed by atoms with Gasteiger partial charge in [0, 0.05) is 25.2 Å². The molecule has 5 nitrogen and oxygen atoms in total. The predicted molar refractivity (Wildman–Crippen MR) is 115 cm³/mol.